The third kappa shape index (κ3) is 3.78. The number of rotatable bonds is 4. The minimum atomic E-state index is 0.532. The summed E-state index contributed by atoms with van der Waals surface area (Å²) in [6.45, 7) is 6.20. The molecule has 0 amide bonds. The molecule has 0 aliphatic carbocycles. The minimum Gasteiger partial charge on any atom is -0.360 e. The van der Waals surface area contributed by atoms with E-state index in [1.165, 1.54) is 28.0 Å². The van der Waals surface area contributed by atoms with Crippen LogP contribution in [0.2, 0.25) is 0 Å². The first-order valence-electron chi connectivity index (χ1n) is 8.04. The molecule has 3 aromatic rings. The fraction of sp³-hybridized carbons (Fsp3) is 0.143. The van der Waals surface area contributed by atoms with Crippen molar-refractivity contribution in [1.29, 1.82) is 5.26 Å². The van der Waals surface area contributed by atoms with Gasteiger partial charge < -0.3 is 5.32 Å². The van der Waals surface area contributed by atoms with E-state index < -0.39 is 0 Å². The molecule has 1 heterocycles. The van der Waals surface area contributed by atoms with Crippen LogP contribution >= 0.6 is 11.3 Å². The van der Waals surface area contributed by atoms with Crippen molar-refractivity contribution in [3.63, 3.8) is 0 Å². The van der Waals surface area contributed by atoms with Crippen molar-refractivity contribution in [2.45, 2.75) is 20.8 Å². The van der Waals surface area contributed by atoms with Crippen LogP contribution < -0.4 is 5.32 Å². The maximum Gasteiger partial charge on any atom is 0.136 e. The van der Waals surface area contributed by atoms with Crippen molar-refractivity contribution in [1.82, 2.24) is 4.98 Å². The zero-order chi connectivity index (χ0) is 17.8. The highest BCUT2D eigenvalue weighted by Crippen LogP contribution is 2.27. The fourth-order valence-corrected chi connectivity index (χ4v) is 3.25. The smallest absolute Gasteiger partial charge is 0.136 e. The van der Waals surface area contributed by atoms with E-state index in [-0.39, 0.29) is 0 Å². The first-order chi connectivity index (χ1) is 12.1. The van der Waals surface area contributed by atoms with Crippen LogP contribution in [0.25, 0.3) is 16.8 Å². The molecule has 0 radical (unpaired) electrons. The summed E-state index contributed by atoms with van der Waals surface area (Å²) in [5, 5.41) is 15.5. The number of nitriles is 1. The first kappa shape index (κ1) is 16.9. The molecule has 0 aliphatic rings. The summed E-state index contributed by atoms with van der Waals surface area (Å²) < 4.78 is 0. The summed E-state index contributed by atoms with van der Waals surface area (Å²) in [6.07, 6.45) is 1.74. The molecule has 25 heavy (non-hydrogen) atoms. The second-order valence-electron chi connectivity index (χ2n) is 5.97. The van der Waals surface area contributed by atoms with Gasteiger partial charge in [0, 0.05) is 22.8 Å². The van der Waals surface area contributed by atoms with Crippen molar-refractivity contribution in [3.05, 3.63) is 75.7 Å². The molecule has 0 unspecified atom stereocenters. The number of anilines is 1. The van der Waals surface area contributed by atoms with Gasteiger partial charge in [0.2, 0.25) is 0 Å². The van der Waals surface area contributed by atoms with Gasteiger partial charge in [0.25, 0.3) is 0 Å². The maximum atomic E-state index is 9.51. The Kier molecular flexibility index (Phi) is 4.97. The molecule has 0 fully saturated rings. The fourth-order valence-electron chi connectivity index (χ4n) is 2.45. The number of benzene rings is 2. The molecule has 3 rings (SSSR count). The van der Waals surface area contributed by atoms with Crippen LogP contribution in [0.5, 0.6) is 0 Å². The lowest BCUT2D eigenvalue weighted by Gasteiger charge is -2.08. The zero-order valence-corrected chi connectivity index (χ0v) is 15.3. The highest BCUT2D eigenvalue weighted by molar-refractivity contribution is 7.11. The highest BCUT2D eigenvalue weighted by atomic mass is 32.1. The van der Waals surface area contributed by atoms with Gasteiger partial charge in [-0.25, -0.2) is 4.98 Å². The molecular formula is C21H19N3S. The van der Waals surface area contributed by atoms with Crippen molar-refractivity contribution in [2.24, 2.45) is 0 Å². The van der Waals surface area contributed by atoms with Crippen molar-refractivity contribution >= 4 is 22.6 Å². The lowest BCUT2D eigenvalue weighted by Crippen LogP contribution is -1.95. The van der Waals surface area contributed by atoms with Crippen LogP contribution in [0.15, 0.2) is 54.0 Å². The molecular weight excluding hydrogens is 326 g/mol. The molecule has 124 valence electrons. The van der Waals surface area contributed by atoms with Crippen LogP contribution in [-0.2, 0) is 0 Å². The number of nitrogens with one attached hydrogen (secondary N) is 1. The van der Waals surface area contributed by atoms with Gasteiger partial charge in [-0.2, -0.15) is 5.26 Å². The molecule has 1 aromatic heterocycles. The second-order valence-corrected chi connectivity index (χ2v) is 6.82. The molecule has 0 atom stereocenters. The molecule has 2 aromatic carbocycles. The van der Waals surface area contributed by atoms with Crippen molar-refractivity contribution < 1.29 is 0 Å². The summed E-state index contributed by atoms with van der Waals surface area (Å²) in [7, 11) is 0. The standard InChI is InChI=1S/C21H19N3S/c1-14-7-9-17(10-8-14)20-13-25-21(24-20)18(11-22)12-23-19-6-4-5-15(2)16(19)3/h4-10,12-13,23H,1-3H3. The van der Waals surface area contributed by atoms with E-state index in [1.54, 1.807) is 6.20 Å². The van der Waals surface area contributed by atoms with E-state index in [9.17, 15) is 5.26 Å². The van der Waals surface area contributed by atoms with Gasteiger partial charge in [-0.15, -0.1) is 11.3 Å². The minimum absolute atomic E-state index is 0.532. The third-order valence-electron chi connectivity index (χ3n) is 4.18. The van der Waals surface area contributed by atoms with Gasteiger partial charge >= 0.3 is 0 Å². The van der Waals surface area contributed by atoms with Crippen LogP contribution in [0.4, 0.5) is 5.69 Å². The summed E-state index contributed by atoms with van der Waals surface area (Å²) in [6, 6.07) is 16.6. The van der Waals surface area contributed by atoms with Gasteiger partial charge in [0.15, 0.2) is 0 Å². The van der Waals surface area contributed by atoms with E-state index in [0.717, 1.165) is 22.0 Å². The topological polar surface area (TPSA) is 48.7 Å². The Bertz CT molecular complexity index is 960. The number of hydrogen-bond acceptors (Lipinski definition) is 4. The zero-order valence-electron chi connectivity index (χ0n) is 14.5. The van der Waals surface area contributed by atoms with Gasteiger partial charge in [-0.1, -0.05) is 42.0 Å². The third-order valence-corrected chi connectivity index (χ3v) is 5.05. The lowest BCUT2D eigenvalue weighted by molar-refractivity contribution is 1.33. The number of thiazole rings is 1. The largest absolute Gasteiger partial charge is 0.360 e. The maximum absolute atomic E-state index is 9.51. The Morgan fingerprint density at radius 1 is 1.12 bits per heavy atom. The molecule has 4 heteroatoms. The molecule has 0 saturated heterocycles. The predicted molar refractivity (Wildman–Crippen MR) is 105 cm³/mol. The molecule has 0 aliphatic heterocycles. The van der Waals surface area contributed by atoms with Crippen LogP contribution in [0.1, 0.15) is 21.7 Å². The van der Waals surface area contributed by atoms with Crippen molar-refractivity contribution in [2.75, 3.05) is 5.32 Å². The Hall–Kier alpha value is -2.90. The van der Waals surface area contributed by atoms with Crippen LogP contribution in [-0.4, -0.2) is 4.98 Å². The van der Waals surface area contributed by atoms with Gasteiger partial charge in [-0.3, -0.25) is 0 Å². The number of allylic oxidation sites excluding steroid dienone is 1. The number of aromatic nitrogens is 1. The van der Waals surface area contributed by atoms with E-state index in [2.05, 4.69) is 67.5 Å². The van der Waals surface area contributed by atoms with Gasteiger partial charge in [0.05, 0.1) is 5.69 Å². The number of aryl methyl sites for hydroxylation is 2. The lowest BCUT2D eigenvalue weighted by atomic mass is 10.1. The number of hydrogen-bond donors (Lipinski definition) is 1. The first-order valence-corrected chi connectivity index (χ1v) is 8.92. The monoisotopic (exact) mass is 345 g/mol. The highest BCUT2D eigenvalue weighted by Gasteiger charge is 2.09. The normalized spacial score (nSPS) is 11.2. The molecule has 3 nitrogen and oxygen atoms in total. The molecule has 0 saturated carbocycles. The second kappa shape index (κ2) is 7.33. The van der Waals surface area contributed by atoms with E-state index in [4.69, 9.17) is 0 Å². The molecule has 0 bridgehead atoms. The Morgan fingerprint density at radius 3 is 2.60 bits per heavy atom. The Balaban J connectivity index is 1.85. The predicted octanol–water partition coefficient (Wildman–Crippen LogP) is 5.71. The molecule has 1 N–H and O–H groups in total. The number of nitrogens with zero attached hydrogens (tertiary/aromatic N) is 2. The Morgan fingerprint density at radius 2 is 1.88 bits per heavy atom. The summed E-state index contributed by atoms with van der Waals surface area (Å²) in [5.74, 6) is 0. The molecule has 0 spiro atoms. The summed E-state index contributed by atoms with van der Waals surface area (Å²) >= 11 is 1.48. The average Bonchev–Trinajstić information content (AvgIpc) is 3.09. The SMILES string of the molecule is Cc1ccc(-c2csc(C(C#N)=CNc3cccc(C)c3C)n2)cc1. The quantitative estimate of drug-likeness (QED) is 0.616. The average molecular weight is 345 g/mol. The van der Waals surface area contributed by atoms with Crippen LogP contribution in [0, 0.1) is 32.1 Å². The van der Waals surface area contributed by atoms with Crippen LogP contribution in [0.3, 0.4) is 0 Å². The van der Waals surface area contributed by atoms with E-state index >= 15 is 0 Å². The van der Waals surface area contributed by atoms with Gasteiger partial charge in [0.1, 0.15) is 16.6 Å². The van der Waals surface area contributed by atoms with Crippen molar-refractivity contribution in [3.8, 4) is 17.3 Å². The van der Waals surface area contributed by atoms with E-state index in [1.807, 2.05) is 17.5 Å². The summed E-state index contributed by atoms with van der Waals surface area (Å²) in [5.41, 5.74) is 7.10. The van der Waals surface area contributed by atoms with Gasteiger partial charge in [-0.05, 0) is 38.0 Å². The summed E-state index contributed by atoms with van der Waals surface area (Å²) in [4.78, 5) is 4.62. The Labute approximate surface area is 152 Å². The van der Waals surface area contributed by atoms with E-state index in [0.29, 0.717) is 5.57 Å².